The fourth-order valence-corrected chi connectivity index (χ4v) is 2.33. The van der Waals surface area contributed by atoms with Crippen molar-refractivity contribution < 1.29 is 9.90 Å². The number of fused-ring (bicyclic) bond motifs is 1. The molecule has 94 valence electrons. The number of carboxylic acid groups (broad SMARTS) is 1. The Hall–Kier alpha value is -2.18. The van der Waals surface area contributed by atoms with Crippen LogP contribution in [0.4, 0.5) is 5.82 Å². The SMILES string of the molecule is Cc1nc2ccc(N3CCCC3C(=O)O)nn2n1. The zero-order chi connectivity index (χ0) is 12.7. The molecule has 3 rings (SSSR count). The van der Waals surface area contributed by atoms with Gasteiger partial charge in [0.15, 0.2) is 11.5 Å². The standard InChI is InChI=1S/C11H13N5O2/c1-7-12-9-4-5-10(14-16(9)13-7)15-6-2-3-8(15)11(17)18/h4-5,8H,2-3,6H2,1H3,(H,17,18). The predicted octanol–water partition coefficient (Wildman–Crippen LogP) is 0.486. The van der Waals surface area contributed by atoms with Gasteiger partial charge in [-0.05, 0) is 31.9 Å². The van der Waals surface area contributed by atoms with E-state index >= 15 is 0 Å². The van der Waals surface area contributed by atoms with Crippen molar-refractivity contribution in [2.24, 2.45) is 0 Å². The van der Waals surface area contributed by atoms with Crippen molar-refractivity contribution >= 4 is 17.4 Å². The Morgan fingerprint density at radius 2 is 2.28 bits per heavy atom. The molecule has 2 aromatic heterocycles. The van der Waals surface area contributed by atoms with Gasteiger partial charge >= 0.3 is 5.97 Å². The number of hydrogen-bond acceptors (Lipinski definition) is 5. The highest BCUT2D eigenvalue weighted by Crippen LogP contribution is 2.23. The molecule has 1 atom stereocenters. The van der Waals surface area contributed by atoms with Gasteiger partial charge in [0, 0.05) is 6.54 Å². The molecule has 1 N–H and O–H groups in total. The summed E-state index contributed by atoms with van der Waals surface area (Å²) in [5.74, 6) is 0.484. The van der Waals surface area contributed by atoms with Gasteiger partial charge in [0.05, 0.1) is 0 Å². The van der Waals surface area contributed by atoms with Gasteiger partial charge in [-0.15, -0.1) is 14.8 Å². The third kappa shape index (κ3) is 1.68. The quantitative estimate of drug-likeness (QED) is 0.831. The number of nitrogens with zero attached hydrogens (tertiary/aromatic N) is 5. The first kappa shape index (κ1) is 10.9. The maximum Gasteiger partial charge on any atom is 0.326 e. The molecule has 7 heteroatoms. The largest absolute Gasteiger partial charge is 0.480 e. The molecule has 0 amide bonds. The van der Waals surface area contributed by atoms with Crippen molar-refractivity contribution in [3.05, 3.63) is 18.0 Å². The fraction of sp³-hybridized carbons (Fsp3) is 0.455. The molecule has 1 saturated heterocycles. The topological polar surface area (TPSA) is 83.6 Å². The van der Waals surface area contributed by atoms with Crippen molar-refractivity contribution in [3.8, 4) is 0 Å². The van der Waals surface area contributed by atoms with Crippen LogP contribution in [0.25, 0.3) is 5.65 Å². The number of rotatable bonds is 2. The summed E-state index contributed by atoms with van der Waals surface area (Å²) >= 11 is 0. The molecule has 1 unspecified atom stereocenters. The Kier molecular flexibility index (Phi) is 2.39. The number of anilines is 1. The van der Waals surface area contributed by atoms with E-state index in [-0.39, 0.29) is 0 Å². The molecule has 3 heterocycles. The zero-order valence-corrected chi connectivity index (χ0v) is 9.94. The summed E-state index contributed by atoms with van der Waals surface area (Å²) in [6, 6.07) is 3.11. The van der Waals surface area contributed by atoms with Gasteiger partial charge in [-0.1, -0.05) is 0 Å². The van der Waals surface area contributed by atoms with E-state index in [0.717, 1.165) is 6.42 Å². The van der Waals surface area contributed by atoms with Gasteiger partial charge in [0.25, 0.3) is 0 Å². The Morgan fingerprint density at radius 3 is 3.06 bits per heavy atom. The number of carbonyl (C=O) groups is 1. The highest BCUT2D eigenvalue weighted by Gasteiger charge is 2.31. The summed E-state index contributed by atoms with van der Waals surface area (Å²) in [6.07, 6.45) is 1.53. The number of carboxylic acids is 1. The Labute approximate surface area is 103 Å². The van der Waals surface area contributed by atoms with E-state index < -0.39 is 12.0 Å². The normalized spacial score (nSPS) is 19.6. The number of aliphatic carboxylic acids is 1. The van der Waals surface area contributed by atoms with Gasteiger partial charge in [-0.3, -0.25) is 0 Å². The first-order valence-corrected chi connectivity index (χ1v) is 5.85. The molecular weight excluding hydrogens is 234 g/mol. The van der Waals surface area contributed by atoms with E-state index in [2.05, 4.69) is 15.2 Å². The Bertz CT molecular complexity index is 608. The smallest absolute Gasteiger partial charge is 0.326 e. The van der Waals surface area contributed by atoms with Gasteiger partial charge in [0.1, 0.15) is 11.9 Å². The van der Waals surface area contributed by atoms with Crippen LogP contribution in [0.5, 0.6) is 0 Å². The molecular formula is C11H13N5O2. The Morgan fingerprint density at radius 1 is 1.44 bits per heavy atom. The van der Waals surface area contributed by atoms with Gasteiger partial charge < -0.3 is 10.0 Å². The summed E-state index contributed by atoms with van der Waals surface area (Å²) in [7, 11) is 0. The van der Waals surface area contributed by atoms with Crippen LogP contribution in [-0.2, 0) is 4.79 Å². The highest BCUT2D eigenvalue weighted by atomic mass is 16.4. The first-order valence-electron chi connectivity index (χ1n) is 5.85. The minimum absolute atomic E-state index is 0.487. The van der Waals surface area contributed by atoms with E-state index in [9.17, 15) is 4.79 Å². The molecule has 18 heavy (non-hydrogen) atoms. The molecule has 0 aliphatic carbocycles. The van der Waals surface area contributed by atoms with E-state index in [4.69, 9.17) is 5.11 Å². The second-order valence-electron chi connectivity index (χ2n) is 4.39. The van der Waals surface area contributed by atoms with Crippen molar-refractivity contribution in [2.45, 2.75) is 25.8 Å². The number of hydrogen-bond donors (Lipinski definition) is 1. The second-order valence-corrected chi connectivity index (χ2v) is 4.39. The minimum atomic E-state index is -0.802. The third-order valence-corrected chi connectivity index (χ3v) is 3.13. The molecule has 0 spiro atoms. The van der Waals surface area contributed by atoms with Gasteiger partial charge in [-0.25, -0.2) is 9.78 Å². The maximum absolute atomic E-state index is 11.1. The van der Waals surface area contributed by atoms with Crippen LogP contribution in [-0.4, -0.2) is 43.5 Å². The lowest BCUT2D eigenvalue weighted by Gasteiger charge is -2.21. The van der Waals surface area contributed by atoms with Crippen LogP contribution in [0, 0.1) is 6.92 Å². The maximum atomic E-state index is 11.1. The Balaban J connectivity index is 2.00. The van der Waals surface area contributed by atoms with Crippen LogP contribution in [0.3, 0.4) is 0 Å². The van der Waals surface area contributed by atoms with Crippen LogP contribution >= 0.6 is 0 Å². The average Bonchev–Trinajstić information content (AvgIpc) is 2.91. The van der Waals surface area contributed by atoms with Crippen LogP contribution < -0.4 is 4.90 Å². The van der Waals surface area contributed by atoms with E-state index in [1.54, 1.807) is 24.0 Å². The summed E-state index contributed by atoms with van der Waals surface area (Å²) in [5.41, 5.74) is 0.669. The van der Waals surface area contributed by atoms with Crippen molar-refractivity contribution in [2.75, 3.05) is 11.4 Å². The van der Waals surface area contributed by atoms with Crippen LogP contribution in [0.15, 0.2) is 12.1 Å². The predicted molar refractivity (Wildman–Crippen MR) is 63.5 cm³/mol. The molecule has 0 aromatic carbocycles. The summed E-state index contributed by atoms with van der Waals surface area (Å²) in [4.78, 5) is 17.1. The molecule has 0 radical (unpaired) electrons. The first-order chi connectivity index (χ1) is 8.65. The molecule has 1 aliphatic heterocycles. The summed E-state index contributed by atoms with van der Waals surface area (Å²) in [5, 5.41) is 17.6. The zero-order valence-electron chi connectivity index (χ0n) is 9.94. The number of aryl methyl sites for hydroxylation is 1. The molecule has 0 saturated carbocycles. The highest BCUT2D eigenvalue weighted by molar-refractivity contribution is 5.78. The third-order valence-electron chi connectivity index (χ3n) is 3.13. The number of aromatic nitrogens is 4. The molecule has 1 fully saturated rings. The monoisotopic (exact) mass is 247 g/mol. The van der Waals surface area contributed by atoms with Crippen LogP contribution in [0.2, 0.25) is 0 Å². The lowest BCUT2D eigenvalue weighted by Crippen LogP contribution is -2.36. The molecule has 0 bridgehead atoms. The van der Waals surface area contributed by atoms with E-state index in [0.29, 0.717) is 30.3 Å². The van der Waals surface area contributed by atoms with Gasteiger partial charge in [0.2, 0.25) is 0 Å². The van der Waals surface area contributed by atoms with E-state index in [1.165, 1.54) is 4.63 Å². The fourth-order valence-electron chi connectivity index (χ4n) is 2.33. The van der Waals surface area contributed by atoms with Crippen molar-refractivity contribution in [3.63, 3.8) is 0 Å². The van der Waals surface area contributed by atoms with Gasteiger partial charge in [-0.2, -0.15) is 0 Å². The van der Waals surface area contributed by atoms with E-state index in [1.807, 2.05) is 0 Å². The van der Waals surface area contributed by atoms with Crippen molar-refractivity contribution in [1.29, 1.82) is 0 Å². The lowest BCUT2D eigenvalue weighted by molar-refractivity contribution is -0.138. The van der Waals surface area contributed by atoms with Crippen LogP contribution in [0.1, 0.15) is 18.7 Å². The summed E-state index contributed by atoms with van der Waals surface area (Å²) in [6.45, 7) is 2.51. The molecule has 2 aromatic rings. The molecule has 1 aliphatic rings. The minimum Gasteiger partial charge on any atom is -0.480 e. The average molecular weight is 247 g/mol. The molecule has 7 nitrogen and oxygen atoms in total. The summed E-state index contributed by atoms with van der Waals surface area (Å²) < 4.78 is 1.45. The lowest BCUT2D eigenvalue weighted by atomic mass is 10.2. The second kappa shape index (κ2) is 3.94. The van der Waals surface area contributed by atoms with Crippen molar-refractivity contribution in [1.82, 2.24) is 19.8 Å².